The maximum atomic E-state index is 12.6. The topological polar surface area (TPSA) is 44.0 Å². The van der Waals surface area contributed by atoms with Crippen molar-refractivity contribution in [2.45, 2.75) is 54.4 Å². The number of benzene rings is 1. The van der Waals surface area contributed by atoms with Crippen molar-refractivity contribution in [3.8, 4) is 11.4 Å². The van der Waals surface area contributed by atoms with E-state index in [-0.39, 0.29) is 9.75 Å². The van der Waals surface area contributed by atoms with Gasteiger partial charge in [0.25, 0.3) is 0 Å². The fourth-order valence-corrected chi connectivity index (χ4v) is 4.81. The van der Waals surface area contributed by atoms with Crippen LogP contribution in [0.25, 0.3) is 11.4 Å². The third-order valence-electron chi connectivity index (χ3n) is 5.06. The number of hydrogen-bond donors (Lipinski definition) is 0. The quantitative estimate of drug-likeness (QED) is 0.648. The van der Waals surface area contributed by atoms with Crippen LogP contribution in [-0.2, 0) is 0 Å². The molecule has 0 saturated heterocycles. The van der Waals surface area contributed by atoms with Crippen molar-refractivity contribution >= 4 is 22.7 Å². The Morgan fingerprint density at radius 1 is 0.769 bits per heavy atom. The first-order valence-electron chi connectivity index (χ1n) is 8.66. The highest BCUT2D eigenvalue weighted by atomic mass is 32.1. The van der Waals surface area contributed by atoms with Crippen LogP contribution < -0.4 is 9.75 Å². The molecule has 0 radical (unpaired) electrons. The van der Waals surface area contributed by atoms with E-state index in [1.807, 2.05) is 34.6 Å². The van der Waals surface area contributed by atoms with Gasteiger partial charge in [-0.25, -0.2) is 0 Å². The molecular formula is C20H24N2O2S2. The second-order valence-corrected chi connectivity index (χ2v) is 9.36. The molecule has 0 atom stereocenters. The number of nitrogens with zero attached hydrogens (tertiary/aromatic N) is 2. The molecule has 138 valence electrons. The van der Waals surface area contributed by atoms with Crippen LogP contribution in [-0.4, -0.2) is 9.13 Å². The summed E-state index contributed by atoms with van der Waals surface area (Å²) in [5.74, 6) is 0.291. The lowest BCUT2D eigenvalue weighted by molar-refractivity contribution is 0.847. The van der Waals surface area contributed by atoms with Gasteiger partial charge in [0.1, 0.15) is 0 Å². The van der Waals surface area contributed by atoms with Gasteiger partial charge in [0.05, 0.1) is 11.4 Å². The SMILES string of the molecule is Cc1sc(=O)n(-c2cc(C(C)C)cc(-n3c(C)c(C)sc3=O)c2C)c1C. The molecule has 1 aromatic carbocycles. The summed E-state index contributed by atoms with van der Waals surface area (Å²) < 4.78 is 3.56. The van der Waals surface area contributed by atoms with Crippen LogP contribution in [0.2, 0.25) is 0 Å². The average molecular weight is 389 g/mol. The summed E-state index contributed by atoms with van der Waals surface area (Å²) in [7, 11) is 0. The predicted octanol–water partition coefficient (Wildman–Crippen LogP) is 4.78. The molecule has 2 heterocycles. The van der Waals surface area contributed by atoms with Gasteiger partial charge in [-0.15, -0.1) is 0 Å². The molecule has 0 unspecified atom stereocenters. The van der Waals surface area contributed by atoms with E-state index in [9.17, 15) is 9.59 Å². The largest absolute Gasteiger partial charge is 0.312 e. The number of thiazole rings is 2. The second kappa shape index (κ2) is 6.67. The Morgan fingerprint density at radius 2 is 1.15 bits per heavy atom. The van der Waals surface area contributed by atoms with Crippen LogP contribution in [0.3, 0.4) is 0 Å². The highest BCUT2D eigenvalue weighted by Crippen LogP contribution is 2.30. The summed E-state index contributed by atoms with van der Waals surface area (Å²) >= 11 is 2.53. The van der Waals surface area contributed by atoms with Gasteiger partial charge in [-0.2, -0.15) is 0 Å². The average Bonchev–Trinajstić information content (AvgIpc) is 2.95. The highest BCUT2D eigenvalue weighted by Gasteiger charge is 2.19. The van der Waals surface area contributed by atoms with Crippen molar-refractivity contribution in [3.63, 3.8) is 0 Å². The van der Waals surface area contributed by atoms with E-state index in [2.05, 4.69) is 26.0 Å². The van der Waals surface area contributed by atoms with Crippen molar-refractivity contribution in [1.29, 1.82) is 0 Å². The molecule has 3 rings (SSSR count). The van der Waals surface area contributed by atoms with Gasteiger partial charge in [-0.1, -0.05) is 36.5 Å². The molecule has 0 spiro atoms. The maximum absolute atomic E-state index is 12.6. The van der Waals surface area contributed by atoms with Crippen LogP contribution in [0, 0.1) is 34.6 Å². The molecule has 0 aliphatic heterocycles. The molecule has 0 aliphatic rings. The number of hydrogen-bond acceptors (Lipinski definition) is 4. The zero-order chi connectivity index (χ0) is 19.3. The fourth-order valence-electron chi connectivity index (χ4n) is 3.15. The van der Waals surface area contributed by atoms with Crippen molar-refractivity contribution in [2.75, 3.05) is 0 Å². The van der Waals surface area contributed by atoms with Gasteiger partial charge in [-0.3, -0.25) is 18.7 Å². The van der Waals surface area contributed by atoms with Crippen LogP contribution in [0.1, 0.15) is 52.0 Å². The van der Waals surface area contributed by atoms with E-state index in [1.54, 1.807) is 9.13 Å². The van der Waals surface area contributed by atoms with Crippen LogP contribution >= 0.6 is 22.7 Å². The van der Waals surface area contributed by atoms with Gasteiger partial charge in [-0.05, 0) is 63.8 Å². The standard InChI is InChI=1S/C20H24N2O2S2/c1-10(2)16-8-17(21-12(4)14(6)25-19(21)23)11(3)18(9-16)22-13(5)15(7)26-20(22)24/h8-10H,1-7H3. The summed E-state index contributed by atoms with van der Waals surface area (Å²) in [6.07, 6.45) is 0. The Kier molecular flexibility index (Phi) is 4.84. The molecule has 0 aliphatic carbocycles. The fraction of sp³-hybridized carbons (Fsp3) is 0.400. The summed E-state index contributed by atoms with van der Waals surface area (Å²) in [5, 5.41) is 0. The predicted molar refractivity (Wildman–Crippen MR) is 111 cm³/mol. The summed E-state index contributed by atoms with van der Waals surface area (Å²) in [5.41, 5.74) is 5.72. The lowest BCUT2D eigenvalue weighted by atomic mass is 9.98. The summed E-state index contributed by atoms with van der Waals surface area (Å²) in [6, 6.07) is 4.17. The zero-order valence-corrected chi connectivity index (χ0v) is 17.9. The number of rotatable bonds is 3. The van der Waals surface area contributed by atoms with Gasteiger partial charge in [0.2, 0.25) is 0 Å². The van der Waals surface area contributed by atoms with Crippen molar-refractivity contribution in [1.82, 2.24) is 9.13 Å². The van der Waals surface area contributed by atoms with E-state index in [0.29, 0.717) is 5.92 Å². The van der Waals surface area contributed by atoms with E-state index in [0.717, 1.165) is 43.6 Å². The van der Waals surface area contributed by atoms with Gasteiger partial charge in [0, 0.05) is 21.1 Å². The molecular weight excluding hydrogens is 364 g/mol. The molecule has 6 heteroatoms. The maximum Gasteiger partial charge on any atom is 0.312 e. The molecule has 26 heavy (non-hydrogen) atoms. The Balaban J connectivity index is 2.43. The first kappa shape index (κ1) is 18.9. The van der Waals surface area contributed by atoms with Crippen LogP contribution in [0.4, 0.5) is 0 Å². The van der Waals surface area contributed by atoms with Crippen LogP contribution in [0.5, 0.6) is 0 Å². The Labute approximate surface area is 161 Å². The van der Waals surface area contributed by atoms with Gasteiger partial charge in [0.15, 0.2) is 0 Å². The smallest absolute Gasteiger partial charge is 0.271 e. The Morgan fingerprint density at radius 3 is 1.42 bits per heavy atom. The second-order valence-electron chi connectivity index (χ2n) is 7.03. The molecule has 0 N–H and O–H groups in total. The minimum atomic E-state index is 0.0144. The van der Waals surface area contributed by atoms with Crippen LogP contribution in [0.15, 0.2) is 21.7 Å². The van der Waals surface area contributed by atoms with Crippen molar-refractivity contribution in [2.24, 2.45) is 0 Å². The molecule has 0 bridgehead atoms. The summed E-state index contributed by atoms with van der Waals surface area (Å²) in [6.45, 7) is 14.1. The van der Waals surface area contributed by atoms with E-state index >= 15 is 0 Å². The zero-order valence-electron chi connectivity index (χ0n) is 16.3. The minimum absolute atomic E-state index is 0.0144. The summed E-state index contributed by atoms with van der Waals surface area (Å²) in [4.78, 5) is 27.3. The Bertz CT molecular complexity index is 1030. The molecule has 0 fully saturated rings. The van der Waals surface area contributed by atoms with E-state index in [4.69, 9.17) is 0 Å². The Hall–Kier alpha value is -1.92. The molecule has 2 aromatic heterocycles. The number of aryl methyl sites for hydroxylation is 2. The molecule has 3 aromatic rings. The third-order valence-corrected chi connectivity index (χ3v) is 6.98. The van der Waals surface area contributed by atoms with E-state index in [1.165, 1.54) is 22.7 Å². The van der Waals surface area contributed by atoms with Gasteiger partial charge < -0.3 is 0 Å². The third kappa shape index (κ3) is 2.91. The molecule has 0 saturated carbocycles. The molecule has 4 nitrogen and oxygen atoms in total. The monoisotopic (exact) mass is 388 g/mol. The minimum Gasteiger partial charge on any atom is -0.271 e. The highest BCUT2D eigenvalue weighted by molar-refractivity contribution is 7.09. The lowest BCUT2D eigenvalue weighted by Gasteiger charge is -2.18. The van der Waals surface area contributed by atoms with Crippen molar-refractivity contribution < 1.29 is 0 Å². The first-order chi connectivity index (χ1) is 12.1. The lowest BCUT2D eigenvalue weighted by Crippen LogP contribution is -2.18. The number of aromatic nitrogens is 2. The van der Waals surface area contributed by atoms with Crippen molar-refractivity contribution in [3.05, 3.63) is 63.7 Å². The van der Waals surface area contributed by atoms with E-state index < -0.39 is 0 Å². The molecule has 0 amide bonds. The normalized spacial score (nSPS) is 11.5. The van der Waals surface area contributed by atoms with Gasteiger partial charge >= 0.3 is 9.75 Å². The first-order valence-corrected chi connectivity index (χ1v) is 10.3.